The standard InChI is InChI=1S/C10H13NO2S/c1-6-8(10(12)13)11-9(14-6)7-4-2-3-5-7/h7H,2-5H2,1H3,(H,12,13). The van der Waals surface area contributed by atoms with Crippen molar-refractivity contribution in [3.8, 4) is 0 Å². The van der Waals surface area contributed by atoms with Crippen LogP contribution in [0.2, 0.25) is 0 Å². The SMILES string of the molecule is Cc1sc(C2CCCC2)nc1C(=O)O. The van der Waals surface area contributed by atoms with E-state index in [9.17, 15) is 4.79 Å². The van der Waals surface area contributed by atoms with E-state index in [0.29, 0.717) is 5.92 Å². The molecule has 0 amide bonds. The first kappa shape index (κ1) is 9.65. The summed E-state index contributed by atoms with van der Waals surface area (Å²) in [5.74, 6) is -0.380. The van der Waals surface area contributed by atoms with Gasteiger partial charge in [-0.3, -0.25) is 0 Å². The fourth-order valence-electron chi connectivity index (χ4n) is 1.96. The first-order valence-electron chi connectivity index (χ1n) is 4.89. The van der Waals surface area contributed by atoms with Gasteiger partial charge in [0.25, 0.3) is 0 Å². The van der Waals surface area contributed by atoms with E-state index in [0.717, 1.165) is 9.88 Å². The van der Waals surface area contributed by atoms with Gasteiger partial charge < -0.3 is 5.11 Å². The van der Waals surface area contributed by atoms with Crippen LogP contribution in [0.25, 0.3) is 0 Å². The van der Waals surface area contributed by atoms with Crippen molar-refractivity contribution in [1.29, 1.82) is 0 Å². The predicted octanol–water partition coefficient (Wildman–Crippen LogP) is 2.81. The molecule has 2 rings (SSSR count). The van der Waals surface area contributed by atoms with Gasteiger partial charge in [0.15, 0.2) is 5.69 Å². The summed E-state index contributed by atoms with van der Waals surface area (Å²) in [5, 5.41) is 9.89. The van der Waals surface area contributed by atoms with Crippen molar-refractivity contribution in [2.75, 3.05) is 0 Å². The smallest absolute Gasteiger partial charge is 0.355 e. The third kappa shape index (κ3) is 1.66. The van der Waals surface area contributed by atoms with E-state index in [1.54, 1.807) is 11.3 Å². The molecule has 0 aliphatic heterocycles. The number of hydrogen-bond acceptors (Lipinski definition) is 3. The fourth-order valence-corrected chi connectivity index (χ4v) is 3.05. The molecule has 0 radical (unpaired) electrons. The van der Waals surface area contributed by atoms with Crippen molar-refractivity contribution >= 4 is 17.3 Å². The van der Waals surface area contributed by atoms with Crippen LogP contribution >= 0.6 is 11.3 Å². The molecule has 0 saturated heterocycles. The molecule has 1 saturated carbocycles. The van der Waals surface area contributed by atoms with Crippen LogP contribution < -0.4 is 0 Å². The molecule has 4 heteroatoms. The van der Waals surface area contributed by atoms with E-state index < -0.39 is 5.97 Å². The lowest BCUT2D eigenvalue weighted by atomic mass is 10.1. The Morgan fingerprint density at radius 3 is 2.64 bits per heavy atom. The van der Waals surface area contributed by atoms with Crippen molar-refractivity contribution in [3.63, 3.8) is 0 Å². The number of hydrogen-bond donors (Lipinski definition) is 1. The number of aromatic nitrogens is 1. The van der Waals surface area contributed by atoms with Crippen LogP contribution in [0.5, 0.6) is 0 Å². The van der Waals surface area contributed by atoms with Gasteiger partial charge in [0.1, 0.15) is 0 Å². The summed E-state index contributed by atoms with van der Waals surface area (Å²) < 4.78 is 0. The van der Waals surface area contributed by atoms with E-state index in [4.69, 9.17) is 5.11 Å². The fraction of sp³-hybridized carbons (Fsp3) is 0.600. The molecule has 0 bridgehead atoms. The van der Waals surface area contributed by atoms with Crippen LogP contribution in [-0.2, 0) is 0 Å². The molecule has 0 atom stereocenters. The van der Waals surface area contributed by atoms with Gasteiger partial charge in [-0.15, -0.1) is 11.3 Å². The summed E-state index contributed by atoms with van der Waals surface area (Å²) in [4.78, 5) is 15.8. The van der Waals surface area contributed by atoms with Crippen LogP contribution in [-0.4, -0.2) is 16.1 Å². The van der Waals surface area contributed by atoms with Gasteiger partial charge >= 0.3 is 5.97 Å². The molecule has 1 aliphatic rings. The zero-order chi connectivity index (χ0) is 10.1. The largest absolute Gasteiger partial charge is 0.476 e. The van der Waals surface area contributed by atoms with E-state index in [1.165, 1.54) is 25.7 Å². The molecule has 1 aromatic rings. The summed E-state index contributed by atoms with van der Waals surface area (Å²) >= 11 is 1.55. The molecular weight excluding hydrogens is 198 g/mol. The topological polar surface area (TPSA) is 50.2 Å². The molecule has 3 nitrogen and oxygen atoms in total. The molecule has 1 aromatic heterocycles. The number of carbonyl (C=O) groups is 1. The Balaban J connectivity index is 2.27. The summed E-state index contributed by atoms with van der Waals surface area (Å²) in [6.07, 6.45) is 4.86. The Bertz CT molecular complexity index is 353. The molecule has 1 fully saturated rings. The molecule has 0 spiro atoms. The Morgan fingerprint density at radius 2 is 2.14 bits per heavy atom. The Labute approximate surface area is 86.8 Å². The second-order valence-corrected chi connectivity index (χ2v) is 4.98. The van der Waals surface area contributed by atoms with Crippen molar-refractivity contribution in [2.45, 2.75) is 38.5 Å². The minimum atomic E-state index is -0.900. The highest BCUT2D eigenvalue weighted by molar-refractivity contribution is 7.12. The van der Waals surface area contributed by atoms with E-state index in [1.807, 2.05) is 6.92 Å². The third-order valence-corrected chi connectivity index (χ3v) is 3.85. The second kappa shape index (κ2) is 3.69. The molecule has 1 N–H and O–H groups in total. The van der Waals surface area contributed by atoms with Crippen LogP contribution in [0.15, 0.2) is 0 Å². The molecule has 1 heterocycles. The van der Waals surface area contributed by atoms with Crippen molar-refractivity contribution in [3.05, 3.63) is 15.6 Å². The molecule has 76 valence electrons. The van der Waals surface area contributed by atoms with Gasteiger partial charge in [-0.2, -0.15) is 0 Å². The van der Waals surface area contributed by atoms with Gasteiger partial charge in [-0.25, -0.2) is 9.78 Å². The lowest BCUT2D eigenvalue weighted by Crippen LogP contribution is -2.00. The number of rotatable bonds is 2. The Morgan fingerprint density at radius 1 is 1.50 bits per heavy atom. The zero-order valence-corrected chi connectivity index (χ0v) is 8.93. The first-order chi connectivity index (χ1) is 6.68. The molecule has 0 unspecified atom stereocenters. The minimum absolute atomic E-state index is 0.247. The predicted molar refractivity (Wildman–Crippen MR) is 55.0 cm³/mol. The quantitative estimate of drug-likeness (QED) is 0.818. The number of aromatic carboxylic acids is 1. The van der Waals surface area contributed by atoms with Crippen LogP contribution in [0.4, 0.5) is 0 Å². The number of nitrogens with zero attached hydrogens (tertiary/aromatic N) is 1. The molecule has 1 aliphatic carbocycles. The van der Waals surface area contributed by atoms with Crippen molar-refractivity contribution < 1.29 is 9.90 Å². The first-order valence-corrected chi connectivity index (χ1v) is 5.70. The maximum absolute atomic E-state index is 10.8. The number of carboxylic acid groups (broad SMARTS) is 1. The number of thiazole rings is 1. The number of carboxylic acids is 1. The van der Waals surface area contributed by atoms with Gasteiger partial charge in [0, 0.05) is 10.8 Å². The molecular formula is C10H13NO2S. The monoisotopic (exact) mass is 211 g/mol. The average Bonchev–Trinajstić information content (AvgIpc) is 2.70. The highest BCUT2D eigenvalue weighted by Gasteiger charge is 2.23. The summed E-state index contributed by atoms with van der Waals surface area (Å²) in [5.41, 5.74) is 0.247. The molecule has 14 heavy (non-hydrogen) atoms. The van der Waals surface area contributed by atoms with Crippen molar-refractivity contribution in [2.24, 2.45) is 0 Å². The Hall–Kier alpha value is -0.900. The van der Waals surface area contributed by atoms with Gasteiger partial charge in [0.05, 0.1) is 5.01 Å². The lowest BCUT2D eigenvalue weighted by molar-refractivity contribution is 0.0690. The minimum Gasteiger partial charge on any atom is -0.476 e. The molecule has 0 aromatic carbocycles. The van der Waals surface area contributed by atoms with Crippen LogP contribution in [0.1, 0.15) is 52.0 Å². The van der Waals surface area contributed by atoms with Crippen molar-refractivity contribution in [1.82, 2.24) is 4.98 Å². The summed E-state index contributed by atoms with van der Waals surface area (Å²) in [6.45, 7) is 1.83. The Kier molecular flexibility index (Phi) is 2.54. The highest BCUT2D eigenvalue weighted by Crippen LogP contribution is 2.36. The zero-order valence-electron chi connectivity index (χ0n) is 8.12. The van der Waals surface area contributed by atoms with Crippen LogP contribution in [0, 0.1) is 6.92 Å². The van der Waals surface area contributed by atoms with Crippen LogP contribution in [0.3, 0.4) is 0 Å². The van der Waals surface area contributed by atoms with E-state index >= 15 is 0 Å². The van der Waals surface area contributed by atoms with Gasteiger partial charge in [0.2, 0.25) is 0 Å². The third-order valence-electron chi connectivity index (χ3n) is 2.72. The van der Waals surface area contributed by atoms with E-state index in [-0.39, 0.29) is 5.69 Å². The second-order valence-electron chi connectivity index (χ2n) is 3.74. The normalized spacial score (nSPS) is 17.5. The van der Waals surface area contributed by atoms with Gasteiger partial charge in [-0.05, 0) is 19.8 Å². The average molecular weight is 211 g/mol. The highest BCUT2D eigenvalue weighted by atomic mass is 32.1. The number of aryl methyl sites for hydroxylation is 1. The maximum Gasteiger partial charge on any atom is 0.355 e. The summed E-state index contributed by atoms with van der Waals surface area (Å²) in [7, 11) is 0. The van der Waals surface area contributed by atoms with E-state index in [2.05, 4.69) is 4.98 Å². The lowest BCUT2D eigenvalue weighted by Gasteiger charge is -2.01. The summed E-state index contributed by atoms with van der Waals surface area (Å²) in [6, 6.07) is 0. The van der Waals surface area contributed by atoms with Gasteiger partial charge in [-0.1, -0.05) is 12.8 Å². The maximum atomic E-state index is 10.8.